The zero-order valence-electron chi connectivity index (χ0n) is 12.5. The first-order valence-electron chi connectivity index (χ1n) is 6.90. The van der Waals surface area contributed by atoms with Crippen molar-refractivity contribution in [1.29, 1.82) is 0 Å². The van der Waals surface area contributed by atoms with E-state index in [1.807, 2.05) is 0 Å². The molecule has 0 spiro atoms. The number of carboxylic acids is 1. The number of carboxylic acid groups (broad SMARTS) is 1. The maximum Gasteiger partial charge on any atom is 0.345 e. The third-order valence-electron chi connectivity index (χ3n) is 2.94. The molecular formula is C15H18N2O6. The second-order valence-corrected chi connectivity index (χ2v) is 4.84. The lowest BCUT2D eigenvalue weighted by atomic mass is 10.1. The summed E-state index contributed by atoms with van der Waals surface area (Å²) in [5, 5.41) is 10.9. The van der Waals surface area contributed by atoms with Crippen molar-refractivity contribution in [3.8, 4) is 0 Å². The van der Waals surface area contributed by atoms with Crippen LogP contribution in [0.1, 0.15) is 30.1 Å². The van der Waals surface area contributed by atoms with Gasteiger partial charge in [-0.1, -0.05) is 18.2 Å². The normalized spacial score (nSPS) is 12.8. The highest BCUT2D eigenvalue weighted by Gasteiger charge is 2.21. The zero-order chi connectivity index (χ0) is 17.4. The monoisotopic (exact) mass is 322 g/mol. The Labute approximate surface area is 132 Å². The molecule has 0 saturated carbocycles. The number of nitrogens with two attached hydrogens (primary N) is 1. The van der Waals surface area contributed by atoms with Gasteiger partial charge >= 0.3 is 17.9 Å². The van der Waals surface area contributed by atoms with Crippen molar-refractivity contribution in [2.75, 3.05) is 0 Å². The molecule has 4 N–H and O–H groups in total. The van der Waals surface area contributed by atoms with E-state index in [1.54, 1.807) is 18.2 Å². The van der Waals surface area contributed by atoms with Gasteiger partial charge in [0, 0.05) is 6.42 Å². The van der Waals surface area contributed by atoms with Gasteiger partial charge in [0.2, 0.25) is 5.91 Å². The largest absolute Gasteiger partial charge is 0.480 e. The van der Waals surface area contributed by atoms with E-state index in [1.165, 1.54) is 19.1 Å². The van der Waals surface area contributed by atoms with Crippen molar-refractivity contribution in [3.05, 3.63) is 35.9 Å². The molecule has 0 heterocycles. The van der Waals surface area contributed by atoms with Gasteiger partial charge in [0.1, 0.15) is 6.04 Å². The summed E-state index contributed by atoms with van der Waals surface area (Å²) in [6, 6.07) is 5.82. The number of benzene rings is 1. The van der Waals surface area contributed by atoms with Gasteiger partial charge in [-0.2, -0.15) is 0 Å². The number of amides is 1. The Kier molecular flexibility index (Phi) is 6.88. The Hall–Kier alpha value is -2.74. The first-order valence-corrected chi connectivity index (χ1v) is 6.90. The molecule has 2 unspecified atom stereocenters. The predicted molar refractivity (Wildman–Crippen MR) is 79.3 cm³/mol. The van der Waals surface area contributed by atoms with E-state index in [0.29, 0.717) is 0 Å². The second-order valence-electron chi connectivity index (χ2n) is 4.84. The SMILES string of the molecule is CC(NC(=O)C(N)CCC(=O)OC(=O)c1ccccc1)C(=O)O. The smallest absolute Gasteiger partial charge is 0.345 e. The van der Waals surface area contributed by atoms with Gasteiger partial charge in [-0.15, -0.1) is 0 Å². The molecule has 0 bridgehead atoms. The summed E-state index contributed by atoms with van der Waals surface area (Å²) < 4.78 is 4.63. The Morgan fingerprint density at radius 2 is 1.83 bits per heavy atom. The van der Waals surface area contributed by atoms with Gasteiger partial charge in [-0.05, 0) is 25.5 Å². The highest BCUT2D eigenvalue weighted by Crippen LogP contribution is 2.04. The van der Waals surface area contributed by atoms with Crippen LogP contribution in [-0.4, -0.2) is 41.0 Å². The summed E-state index contributed by atoms with van der Waals surface area (Å²) in [6.45, 7) is 1.29. The molecule has 0 fully saturated rings. The van der Waals surface area contributed by atoms with Crippen LogP contribution in [0.4, 0.5) is 0 Å². The van der Waals surface area contributed by atoms with E-state index in [4.69, 9.17) is 10.8 Å². The van der Waals surface area contributed by atoms with Crippen LogP contribution in [-0.2, 0) is 19.1 Å². The van der Waals surface area contributed by atoms with Crippen molar-refractivity contribution in [2.24, 2.45) is 5.73 Å². The third kappa shape index (κ3) is 6.27. The van der Waals surface area contributed by atoms with Crippen LogP contribution in [0.3, 0.4) is 0 Å². The molecule has 1 aromatic carbocycles. The fourth-order valence-corrected chi connectivity index (χ4v) is 1.57. The van der Waals surface area contributed by atoms with Crippen LogP contribution >= 0.6 is 0 Å². The second kappa shape index (κ2) is 8.64. The van der Waals surface area contributed by atoms with Crippen molar-refractivity contribution in [2.45, 2.75) is 31.8 Å². The average Bonchev–Trinajstić information content (AvgIpc) is 2.53. The number of aliphatic carboxylic acids is 1. The number of hydrogen-bond acceptors (Lipinski definition) is 6. The topological polar surface area (TPSA) is 136 Å². The molecule has 0 aliphatic rings. The fourth-order valence-electron chi connectivity index (χ4n) is 1.57. The summed E-state index contributed by atoms with van der Waals surface area (Å²) in [7, 11) is 0. The molecule has 0 aliphatic carbocycles. The summed E-state index contributed by atoms with van der Waals surface area (Å²) >= 11 is 0. The predicted octanol–water partition coefficient (Wildman–Crippen LogP) is 0.0668. The van der Waals surface area contributed by atoms with Crippen LogP contribution in [0.15, 0.2) is 30.3 Å². The van der Waals surface area contributed by atoms with Gasteiger partial charge in [0.25, 0.3) is 0 Å². The molecule has 23 heavy (non-hydrogen) atoms. The number of carbonyl (C=O) groups is 4. The molecule has 8 nitrogen and oxygen atoms in total. The number of hydrogen-bond donors (Lipinski definition) is 3. The number of esters is 2. The number of nitrogens with one attached hydrogen (secondary N) is 1. The highest BCUT2D eigenvalue weighted by atomic mass is 16.6. The highest BCUT2D eigenvalue weighted by molar-refractivity contribution is 5.96. The molecule has 0 radical (unpaired) electrons. The van der Waals surface area contributed by atoms with E-state index < -0.39 is 35.9 Å². The molecule has 124 valence electrons. The summed E-state index contributed by atoms with van der Waals surface area (Å²) in [6.07, 6.45) is -0.312. The molecule has 1 amide bonds. The van der Waals surface area contributed by atoms with E-state index >= 15 is 0 Å². The van der Waals surface area contributed by atoms with Crippen LogP contribution in [0.2, 0.25) is 0 Å². The first kappa shape index (κ1) is 18.3. The van der Waals surface area contributed by atoms with Crippen LogP contribution in [0.25, 0.3) is 0 Å². The van der Waals surface area contributed by atoms with E-state index in [-0.39, 0.29) is 18.4 Å². The standard InChI is InChI=1S/C15H18N2O6/c1-9(14(20)21)17-13(19)11(16)7-8-12(18)23-15(22)10-5-3-2-4-6-10/h2-6,9,11H,7-8,16H2,1H3,(H,17,19)(H,20,21). The molecule has 0 saturated heterocycles. The van der Waals surface area contributed by atoms with Gasteiger partial charge < -0.3 is 20.9 Å². The minimum Gasteiger partial charge on any atom is -0.480 e. The Bertz CT molecular complexity index is 587. The van der Waals surface area contributed by atoms with Crippen molar-refractivity contribution in [1.82, 2.24) is 5.32 Å². The minimum atomic E-state index is -1.20. The van der Waals surface area contributed by atoms with Crippen LogP contribution < -0.4 is 11.1 Å². The van der Waals surface area contributed by atoms with Gasteiger partial charge in [-0.3, -0.25) is 14.4 Å². The molecule has 1 rings (SSSR count). The van der Waals surface area contributed by atoms with Crippen molar-refractivity contribution < 1.29 is 29.0 Å². The number of ether oxygens (including phenoxy) is 1. The summed E-state index contributed by atoms with van der Waals surface area (Å²) in [5.74, 6) is -3.48. The van der Waals surface area contributed by atoms with E-state index in [9.17, 15) is 19.2 Å². The average molecular weight is 322 g/mol. The van der Waals surface area contributed by atoms with Crippen molar-refractivity contribution in [3.63, 3.8) is 0 Å². The van der Waals surface area contributed by atoms with E-state index in [0.717, 1.165) is 0 Å². The Morgan fingerprint density at radius 3 is 2.39 bits per heavy atom. The lowest BCUT2D eigenvalue weighted by molar-refractivity contribution is -0.142. The van der Waals surface area contributed by atoms with Crippen LogP contribution in [0, 0.1) is 0 Å². The maximum absolute atomic E-state index is 11.6. The molecular weight excluding hydrogens is 304 g/mol. The molecule has 0 aromatic heterocycles. The Morgan fingerprint density at radius 1 is 1.22 bits per heavy atom. The lowest BCUT2D eigenvalue weighted by Crippen LogP contribution is -2.47. The van der Waals surface area contributed by atoms with E-state index in [2.05, 4.69) is 10.1 Å². The van der Waals surface area contributed by atoms with Gasteiger partial charge in [-0.25, -0.2) is 4.79 Å². The van der Waals surface area contributed by atoms with Gasteiger partial charge in [0.15, 0.2) is 0 Å². The van der Waals surface area contributed by atoms with Crippen molar-refractivity contribution >= 4 is 23.8 Å². The maximum atomic E-state index is 11.6. The lowest BCUT2D eigenvalue weighted by Gasteiger charge is -2.14. The zero-order valence-corrected chi connectivity index (χ0v) is 12.5. The Balaban J connectivity index is 2.39. The molecule has 2 atom stereocenters. The number of carbonyl (C=O) groups excluding carboxylic acids is 3. The minimum absolute atomic E-state index is 0.0704. The molecule has 1 aromatic rings. The van der Waals surface area contributed by atoms with Gasteiger partial charge in [0.05, 0.1) is 11.6 Å². The number of rotatable bonds is 7. The van der Waals surface area contributed by atoms with Crippen LogP contribution in [0.5, 0.6) is 0 Å². The fraction of sp³-hybridized carbons (Fsp3) is 0.333. The molecule has 8 heteroatoms. The molecule has 0 aliphatic heterocycles. The third-order valence-corrected chi connectivity index (χ3v) is 2.94. The summed E-state index contributed by atoms with van der Waals surface area (Å²) in [5.41, 5.74) is 5.79. The quantitative estimate of drug-likeness (QED) is 0.477. The first-order chi connectivity index (χ1) is 10.8. The summed E-state index contributed by atoms with van der Waals surface area (Å²) in [4.78, 5) is 45.4.